The Morgan fingerprint density at radius 3 is 3.15 bits per heavy atom. The van der Waals surface area contributed by atoms with Crippen LogP contribution in [0.2, 0.25) is 0 Å². The van der Waals surface area contributed by atoms with E-state index in [1.165, 1.54) is 13.0 Å². The summed E-state index contributed by atoms with van der Waals surface area (Å²) in [5.74, 6) is 2.14. The van der Waals surface area contributed by atoms with Crippen LogP contribution < -0.4 is 9.47 Å². The second-order valence-corrected chi connectivity index (χ2v) is 6.33. The molecule has 1 N–H and O–H groups in total. The summed E-state index contributed by atoms with van der Waals surface area (Å²) in [6.07, 6.45) is 2.51. The predicted molar refractivity (Wildman–Crippen MR) is 75.1 cm³/mol. The van der Waals surface area contributed by atoms with Gasteiger partial charge in [0.05, 0.1) is 13.2 Å². The lowest BCUT2D eigenvalue weighted by atomic mass is 9.75. The first-order valence-electron chi connectivity index (χ1n) is 7.47. The molecule has 0 radical (unpaired) electrons. The number of nitrogens with zero attached hydrogens (tertiary/aromatic N) is 1. The van der Waals surface area contributed by atoms with E-state index in [0.29, 0.717) is 5.92 Å². The summed E-state index contributed by atoms with van der Waals surface area (Å²) in [7, 11) is 1.66. The fraction of sp³-hybridized carbons (Fsp3) is 0.625. The van der Waals surface area contributed by atoms with Gasteiger partial charge in [-0.1, -0.05) is 0 Å². The minimum atomic E-state index is -0.420. The van der Waals surface area contributed by atoms with Gasteiger partial charge in [-0.3, -0.25) is 0 Å². The summed E-state index contributed by atoms with van der Waals surface area (Å²) in [5, 5.41) is 10.5. The molecule has 2 bridgehead atoms. The molecule has 20 heavy (non-hydrogen) atoms. The molecule has 1 spiro atoms. The maximum Gasteiger partial charge on any atom is 0.129 e. The molecule has 4 unspecified atom stereocenters. The van der Waals surface area contributed by atoms with Crippen molar-refractivity contribution >= 4 is 0 Å². The molecule has 3 aliphatic heterocycles. The normalized spacial score (nSPS) is 38.4. The molecule has 4 heteroatoms. The minimum Gasteiger partial charge on any atom is -0.497 e. The van der Waals surface area contributed by atoms with Gasteiger partial charge in [0, 0.05) is 43.5 Å². The average molecular weight is 275 g/mol. The van der Waals surface area contributed by atoms with Crippen LogP contribution >= 0.6 is 0 Å². The van der Waals surface area contributed by atoms with Gasteiger partial charge in [-0.2, -0.15) is 0 Å². The van der Waals surface area contributed by atoms with Crippen LogP contribution in [0, 0.1) is 5.92 Å². The van der Waals surface area contributed by atoms with Crippen molar-refractivity contribution < 1.29 is 14.6 Å². The van der Waals surface area contributed by atoms with Gasteiger partial charge in [-0.05, 0) is 25.1 Å². The van der Waals surface area contributed by atoms with E-state index in [-0.39, 0.29) is 5.60 Å². The van der Waals surface area contributed by atoms with E-state index in [1.54, 1.807) is 7.11 Å². The van der Waals surface area contributed by atoms with Crippen LogP contribution in [0.4, 0.5) is 0 Å². The third-order valence-electron chi connectivity index (χ3n) is 5.30. The summed E-state index contributed by atoms with van der Waals surface area (Å²) in [6.45, 7) is 3.38. The lowest BCUT2D eigenvalue weighted by molar-refractivity contribution is -0.0737. The van der Waals surface area contributed by atoms with Crippen LogP contribution in [-0.2, 0) is 0 Å². The molecule has 3 aliphatic rings. The van der Waals surface area contributed by atoms with Crippen LogP contribution in [0.1, 0.15) is 30.9 Å². The Balaban J connectivity index is 1.71. The summed E-state index contributed by atoms with van der Waals surface area (Å²) in [4.78, 5) is 2.51. The second kappa shape index (κ2) is 4.37. The molecular formula is C16H21NO3. The highest BCUT2D eigenvalue weighted by Gasteiger charge is 2.51. The van der Waals surface area contributed by atoms with Crippen LogP contribution in [0.5, 0.6) is 11.5 Å². The standard InChI is InChI=1S/C16H21NO3/c1-19-12-2-3-13-14(18)9-16(20-15(13)8-12)5-7-17-6-4-11(16)10-17/h2-3,8,11,14,18H,4-7,9-10H2,1H3. The topological polar surface area (TPSA) is 41.9 Å². The molecule has 108 valence electrons. The molecular weight excluding hydrogens is 254 g/mol. The van der Waals surface area contributed by atoms with E-state index in [9.17, 15) is 5.11 Å². The highest BCUT2D eigenvalue weighted by molar-refractivity contribution is 5.44. The van der Waals surface area contributed by atoms with Crippen molar-refractivity contribution in [2.45, 2.75) is 31.0 Å². The highest BCUT2D eigenvalue weighted by atomic mass is 16.5. The maximum absolute atomic E-state index is 10.5. The second-order valence-electron chi connectivity index (χ2n) is 6.33. The van der Waals surface area contributed by atoms with E-state index in [2.05, 4.69) is 4.90 Å². The van der Waals surface area contributed by atoms with Gasteiger partial charge in [-0.25, -0.2) is 0 Å². The summed E-state index contributed by atoms with van der Waals surface area (Å²) >= 11 is 0. The van der Waals surface area contributed by atoms with Gasteiger partial charge in [0.15, 0.2) is 0 Å². The number of hydrogen-bond acceptors (Lipinski definition) is 4. The molecule has 4 atom stereocenters. The van der Waals surface area contributed by atoms with Crippen molar-refractivity contribution in [3.63, 3.8) is 0 Å². The van der Waals surface area contributed by atoms with Gasteiger partial charge >= 0.3 is 0 Å². The zero-order valence-corrected chi connectivity index (χ0v) is 11.8. The number of aliphatic hydroxyl groups is 1. The number of hydrogen-bond donors (Lipinski definition) is 1. The molecule has 1 aromatic rings. The minimum absolute atomic E-state index is 0.175. The maximum atomic E-state index is 10.5. The fourth-order valence-corrected chi connectivity index (χ4v) is 4.12. The lowest BCUT2D eigenvalue weighted by Gasteiger charge is -2.47. The number of benzene rings is 1. The molecule has 0 aromatic heterocycles. The zero-order chi connectivity index (χ0) is 13.7. The first-order valence-corrected chi connectivity index (χ1v) is 7.47. The Kier molecular flexibility index (Phi) is 2.72. The molecule has 0 amide bonds. The number of piperidine rings is 1. The van der Waals surface area contributed by atoms with Gasteiger partial charge in [0.1, 0.15) is 17.1 Å². The SMILES string of the molecule is COc1ccc2c(c1)OC1(CCN3CCC1C3)CC2O. The Labute approximate surface area is 119 Å². The fourth-order valence-electron chi connectivity index (χ4n) is 4.12. The molecule has 4 nitrogen and oxygen atoms in total. The van der Waals surface area contributed by atoms with Gasteiger partial charge in [0.25, 0.3) is 0 Å². The first kappa shape index (κ1) is 12.5. The van der Waals surface area contributed by atoms with Crippen molar-refractivity contribution in [2.75, 3.05) is 26.7 Å². The monoisotopic (exact) mass is 275 g/mol. The molecule has 2 saturated heterocycles. The van der Waals surface area contributed by atoms with Gasteiger partial charge in [0.2, 0.25) is 0 Å². The van der Waals surface area contributed by atoms with Crippen molar-refractivity contribution in [1.82, 2.24) is 4.90 Å². The molecule has 2 fully saturated rings. The van der Waals surface area contributed by atoms with Crippen molar-refractivity contribution in [3.8, 4) is 11.5 Å². The van der Waals surface area contributed by atoms with Crippen LogP contribution in [0.3, 0.4) is 0 Å². The van der Waals surface area contributed by atoms with E-state index in [1.807, 2.05) is 18.2 Å². The van der Waals surface area contributed by atoms with E-state index in [4.69, 9.17) is 9.47 Å². The Bertz CT molecular complexity index is 532. The number of methoxy groups -OCH3 is 1. The van der Waals surface area contributed by atoms with Crippen LogP contribution in [0.25, 0.3) is 0 Å². The molecule has 4 rings (SSSR count). The van der Waals surface area contributed by atoms with Crippen LogP contribution in [0.15, 0.2) is 18.2 Å². The quantitative estimate of drug-likeness (QED) is 0.851. The molecule has 0 saturated carbocycles. The third-order valence-corrected chi connectivity index (χ3v) is 5.30. The number of aliphatic hydroxyl groups excluding tert-OH is 1. The summed E-state index contributed by atoms with van der Waals surface area (Å²) < 4.78 is 11.7. The molecule has 0 aliphatic carbocycles. The number of ether oxygens (including phenoxy) is 2. The van der Waals surface area contributed by atoms with Crippen LogP contribution in [-0.4, -0.2) is 42.4 Å². The number of rotatable bonds is 1. The van der Waals surface area contributed by atoms with Crippen molar-refractivity contribution in [3.05, 3.63) is 23.8 Å². The third kappa shape index (κ3) is 1.75. The zero-order valence-electron chi connectivity index (χ0n) is 11.8. The van der Waals surface area contributed by atoms with E-state index >= 15 is 0 Å². The Morgan fingerprint density at radius 2 is 2.30 bits per heavy atom. The first-order chi connectivity index (χ1) is 9.70. The summed E-state index contributed by atoms with van der Waals surface area (Å²) in [5.41, 5.74) is 0.725. The Hall–Kier alpha value is -1.26. The van der Waals surface area contributed by atoms with E-state index < -0.39 is 6.10 Å². The molecule has 1 aromatic carbocycles. The van der Waals surface area contributed by atoms with E-state index in [0.717, 1.165) is 43.0 Å². The smallest absolute Gasteiger partial charge is 0.129 e. The lowest BCUT2D eigenvalue weighted by Crippen LogP contribution is -2.53. The van der Waals surface area contributed by atoms with Crippen molar-refractivity contribution in [2.24, 2.45) is 5.92 Å². The number of fused-ring (bicyclic) bond motifs is 4. The summed E-state index contributed by atoms with van der Waals surface area (Å²) in [6, 6.07) is 5.73. The van der Waals surface area contributed by atoms with Crippen molar-refractivity contribution in [1.29, 1.82) is 0 Å². The van der Waals surface area contributed by atoms with Gasteiger partial charge < -0.3 is 19.5 Å². The average Bonchev–Trinajstić information content (AvgIpc) is 2.88. The molecule has 3 heterocycles. The Morgan fingerprint density at radius 1 is 1.40 bits per heavy atom. The largest absolute Gasteiger partial charge is 0.497 e. The highest BCUT2D eigenvalue weighted by Crippen LogP contribution is 2.49. The van der Waals surface area contributed by atoms with Gasteiger partial charge in [-0.15, -0.1) is 0 Å². The predicted octanol–water partition coefficient (Wildman–Crippen LogP) is 1.98.